The SMILES string of the molecule is CC(O)CC(C)NC(=O)NCC(F)(F)F. The summed E-state index contributed by atoms with van der Waals surface area (Å²) in [5.74, 6) is 0. The van der Waals surface area contributed by atoms with Gasteiger partial charge in [0, 0.05) is 6.04 Å². The van der Waals surface area contributed by atoms with Crippen molar-refractivity contribution in [2.45, 2.75) is 38.6 Å². The van der Waals surface area contributed by atoms with Gasteiger partial charge in [-0.1, -0.05) is 0 Å². The highest BCUT2D eigenvalue weighted by molar-refractivity contribution is 5.74. The first-order chi connectivity index (χ1) is 6.70. The monoisotopic (exact) mass is 228 g/mol. The van der Waals surface area contributed by atoms with Gasteiger partial charge < -0.3 is 15.7 Å². The van der Waals surface area contributed by atoms with E-state index >= 15 is 0 Å². The summed E-state index contributed by atoms with van der Waals surface area (Å²) >= 11 is 0. The lowest BCUT2D eigenvalue weighted by molar-refractivity contribution is -0.122. The molecular formula is C8H15F3N2O2. The normalized spacial score (nSPS) is 15.6. The zero-order valence-corrected chi connectivity index (χ0v) is 8.56. The molecule has 0 aliphatic carbocycles. The van der Waals surface area contributed by atoms with Crippen molar-refractivity contribution in [2.24, 2.45) is 0 Å². The summed E-state index contributed by atoms with van der Waals surface area (Å²) in [4.78, 5) is 10.9. The summed E-state index contributed by atoms with van der Waals surface area (Å²) < 4.78 is 35.0. The summed E-state index contributed by atoms with van der Waals surface area (Å²) in [6, 6.07) is -1.27. The van der Waals surface area contributed by atoms with Gasteiger partial charge in [-0.05, 0) is 20.3 Å². The molecule has 2 amide bonds. The van der Waals surface area contributed by atoms with Crippen LogP contribution in [0.15, 0.2) is 0 Å². The van der Waals surface area contributed by atoms with E-state index in [1.807, 2.05) is 0 Å². The molecule has 7 heteroatoms. The average Bonchev–Trinajstić information content (AvgIpc) is 1.97. The Morgan fingerprint density at radius 1 is 1.40 bits per heavy atom. The van der Waals surface area contributed by atoms with Crippen LogP contribution in [0.4, 0.5) is 18.0 Å². The van der Waals surface area contributed by atoms with Gasteiger partial charge >= 0.3 is 12.2 Å². The largest absolute Gasteiger partial charge is 0.405 e. The number of alkyl halides is 3. The molecule has 2 atom stereocenters. The fourth-order valence-electron chi connectivity index (χ4n) is 1.03. The Bertz CT molecular complexity index is 207. The Morgan fingerprint density at radius 2 is 1.93 bits per heavy atom. The third kappa shape index (κ3) is 9.33. The number of urea groups is 1. The molecule has 0 spiro atoms. The van der Waals surface area contributed by atoms with Crippen LogP contribution in [0.2, 0.25) is 0 Å². The molecule has 0 fully saturated rings. The van der Waals surface area contributed by atoms with E-state index in [4.69, 9.17) is 5.11 Å². The van der Waals surface area contributed by atoms with E-state index in [-0.39, 0.29) is 6.04 Å². The standard InChI is InChI=1S/C8H15F3N2O2/c1-5(3-6(2)14)13-7(15)12-4-8(9,10)11/h5-6,14H,3-4H2,1-2H3,(H2,12,13,15). The smallest absolute Gasteiger partial charge is 0.393 e. The maximum Gasteiger partial charge on any atom is 0.405 e. The van der Waals surface area contributed by atoms with Crippen molar-refractivity contribution in [3.8, 4) is 0 Å². The first-order valence-electron chi connectivity index (χ1n) is 4.50. The van der Waals surface area contributed by atoms with Crippen molar-refractivity contribution in [3.63, 3.8) is 0 Å². The minimum atomic E-state index is -4.41. The van der Waals surface area contributed by atoms with Crippen LogP contribution < -0.4 is 10.6 Å². The molecule has 0 saturated carbocycles. The molecule has 0 aliphatic heterocycles. The molecule has 0 saturated heterocycles. The highest BCUT2D eigenvalue weighted by atomic mass is 19.4. The van der Waals surface area contributed by atoms with E-state index in [0.29, 0.717) is 6.42 Å². The van der Waals surface area contributed by atoms with E-state index < -0.39 is 24.9 Å². The molecule has 0 aromatic rings. The van der Waals surface area contributed by atoms with E-state index in [9.17, 15) is 18.0 Å². The number of hydrogen-bond donors (Lipinski definition) is 3. The van der Waals surface area contributed by atoms with Gasteiger partial charge in [0.15, 0.2) is 0 Å². The van der Waals surface area contributed by atoms with E-state index in [1.165, 1.54) is 6.92 Å². The highest BCUT2D eigenvalue weighted by Gasteiger charge is 2.27. The van der Waals surface area contributed by atoms with Crippen molar-refractivity contribution in [3.05, 3.63) is 0 Å². The predicted octanol–water partition coefficient (Wildman–Crippen LogP) is 1.01. The van der Waals surface area contributed by atoms with Crippen LogP contribution >= 0.6 is 0 Å². The van der Waals surface area contributed by atoms with E-state index in [0.717, 1.165) is 0 Å². The van der Waals surface area contributed by atoms with Gasteiger partial charge in [-0.25, -0.2) is 4.79 Å². The quantitative estimate of drug-likeness (QED) is 0.672. The summed E-state index contributed by atoms with van der Waals surface area (Å²) in [7, 11) is 0. The number of hydrogen-bond acceptors (Lipinski definition) is 2. The van der Waals surface area contributed by atoms with Gasteiger partial charge in [-0.15, -0.1) is 0 Å². The molecule has 0 heterocycles. The number of amides is 2. The van der Waals surface area contributed by atoms with Crippen LogP contribution in [0, 0.1) is 0 Å². The van der Waals surface area contributed by atoms with E-state index in [2.05, 4.69) is 5.32 Å². The number of nitrogens with one attached hydrogen (secondary N) is 2. The van der Waals surface area contributed by atoms with E-state index in [1.54, 1.807) is 12.2 Å². The number of aliphatic hydroxyl groups excluding tert-OH is 1. The lowest BCUT2D eigenvalue weighted by Crippen LogP contribution is -2.44. The van der Waals surface area contributed by atoms with Crippen molar-refractivity contribution in [1.29, 1.82) is 0 Å². The molecule has 4 nitrogen and oxygen atoms in total. The maximum atomic E-state index is 11.7. The molecule has 0 aromatic heterocycles. The number of aliphatic hydroxyl groups is 1. The van der Waals surface area contributed by atoms with Crippen LogP contribution in [0.3, 0.4) is 0 Å². The summed E-state index contributed by atoms with van der Waals surface area (Å²) in [6.07, 6.45) is -4.73. The second-order valence-corrected chi connectivity index (χ2v) is 3.43. The average molecular weight is 228 g/mol. The Kier molecular flexibility index (Phi) is 5.41. The van der Waals surface area contributed by atoms with Gasteiger partial charge in [0.05, 0.1) is 6.10 Å². The third-order valence-corrected chi connectivity index (χ3v) is 1.52. The zero-order chi connectivity index (χ0) is 12.1. The predicted molar refractivity (Wildman–Crippen MR) is 48.3 cm³/mol. The second-order valence-electron chi connectivity index (χ2n) is 3.43. The minimum Gasteiger partial charge on any atom is -0.393 e. The van der Waals surface area contributed by atoms with Gasteiger partial charge in [0.1, 0.15) is 6.54 Å². The van der Waals surface area contributed by atoms with Crippen molar-refractivity contribution in [1.82, 2.24) is 10.6 Å². The Hall–Kier alpha value is -0.980. The topological polar surface area (TPSA) is 61.4 Å². The Labute approximate surface area is 85.8 Å². The fourth-order valence-corrected chi connectivity index (χ4v) is 1.03. The zero-order valence-electron chi connectivity index (χ0n) is 8.56. The summed E-state index contributed by atoms with van der Waals surface area (Å²) in [6.45, 7) is 1.77. The Morgan fingerprint density at radius 3 is 2.33 bits per heavy atom. The lowest BCUT2D eigenvalue weighted by Gasteiger charge is -2.16. The van der Waals surface area contributed by atoms with Crippen LogP contribution in [0.1, 0.15) is 20.3 Å². The second kappa shape index (κ2) is 5.79. The van der Waals surface area contributed by atoms with Gasteiger partial charge in [0.25, 0.3) is 0 Å². The molecule has 0 rings (SSSR count). The van der Waals surface area contributed by atoms with Crippen molar-refractivity contribution in [2.75, 3.05) is 6.54 Å². The molecule has 0 aliphatic rings. The molecule has 15 heavy (non-hydrogen) atoms. The maximum absolute atomic E-state index is 11.7. The summed E-state index contributed by atoms with van der Waals surface area (Å²) in [5.41, 5.74) is 0. The van der Waals surface area contributed by atoms with Gasteiger partial charge in [-0.3, -0.25) is 0 Å². The fraction of sp³-hybridized carbons (Fsp3) is 0.875. The number of halogens is 3. The lowest BCUT2D eigenvalue weighted by atomic mass is 10.2. The third-order valence-electron chi connectivity index (χ3n) is 1.52. The number of carbonyl (C=O) groups excluding carboxylic acids is 1. The highest BCUT2D eigenvalue weighted by Crippen LogP contribution is 2.11. The molecular weight excluding hydrogens is 213 g/mol. The molecule has 0 bridgehead atoms. The van der Waals surface area contributed by atoms with Crippen LogP contribution in [-0.4, -0.2) is 36.0 Å². The molecule has 2 unspecified atom stereocenters. The first-order valence-corrected chi connectivity index (χ1v) is 4.50. The first kappa shape index (κ1) is 14.0. The van der Waals surface area contributed by atoms with Gasteiger partial charge in [-0.2, -0.15) is 13.2 Å². The van der Waals surface area contributed by atoms with Crippen molar-refractivity contribution < 1.29 is 23.1 Å². The van der Waals surface area contributed by atoms with Crippen LogP contribution in [-0.2, 0) is 0 Å². The van der Waals surface area contributed by atoms with Crippen LogP contribution in [0.25, 0.3) is 0 Å². The Balaban J connectivity index is 3.74. The summed E-state index contributed by atoms with van der Waals surface area (Å²) in [5, 5.41) is 12.9. The molecule has 90 valence electrons. The van der Waals surface area contributed by atoms with Crippen molar-refractivity contribution >= 4 is 6.03 Å². The molecule has 3 N–H and O–H groups in total. The number of carbonyl (C=O) groups is 1. The minimum absolute atomic E-state index is 0.291. The van der Waals surface area contributed by atoms with Crippen LogP contribution in [0.5, 0.6) is 0 Å². The molecule has 0 aromatic carbocycles. The number of rotatable bonds is 4. The molecule has 0 radical (unpaired) electrons. The van der Waals surface area contributed by atoms with Gasteiger partial charge in [0.2, 0.25) is 0 Å².